The maximum atomic E-state index is 7.11. The summed E-state index contributed by atoms with van der Waals surface area (Å²) in [5.74, 6) is 0. The maximum absolute atomic E-state index is 7.11. The fourth-order valence-electron chi connectivity index (χ4n) is 9.05. The van der Waals surface area contributed by atoms with Crippen LogP contribution in [-0.4, -0.2) is 4.57 Å². The zero-order valence-corrected chi connectivity index (χ0v) is 31.3. The molecular formula is C54H34N2O2. The zero-order chi connectivity index (χ0) is 38.2. The van der Waals surface area contributed by atoms with Crippen LogP contribution in [0.4, 0.5) is 17.1 Å². The summed E-state index contributed by atoms with van der Waals surface area (Å²) in [6.45, 7) is 0. The van der Waals surface area contributed by atoms with Crippen molar-refractivity contribution in [1.29, 1.82) is 0 Å². The highest BCUT2D eigenvalue weighted by Gasteiger charge is 2.26. The molecule has 0 spiro atoms. The summed E-state index contributed by atoms with van der Waals surface area (Å²) in [5.41, 5.74) is 14.0. The molecule has 58 heavy (non-hydrogen) atoms. The number of hydrogen-bond acceptors (Lipinski definition) is 3. The smallest absolute Gasteiger partial charge is 0.159 e. The molecule has 12 aromatic rings. The van der Waals surface area contributed by atoms with Crippen LogP contribution in [0.1, 0.15) is 0 Å². The highest BCUT2D eigenvalue weighted by molar-refractivity contribution is 6.19. The molecular weight excluding hydrogens is 709 g/mol. The van der Waals surface area contributed by atoms with E-state index in [0.29, 0.717) is 0 Å². The summed E-state index contributed by atoms with van der Waals surface area (Å²) in [6, 6.07) is 72.9. The Labute approximate surface area is 334 Å². The minimum atomic E-state index is 0.816. The Bertz CT molecular complexity index is 3470. The summed E-state index contributed by atoms with van der Waals surface area (Å²) in [6.07, 6.45) is 0. The van der Waals surface area contributed by atoms with Crippen molar-refractivity contribution in [3.05, 3.63) is 206 Å². The summed E-state index contributed by atoms with van der Waals surface area (Å²) >= 11 is 0. The van der Waals surface area contributed by atoms with Gasteiger partial charge in [0.2, 0.25) is 0 Å². The number of nitrogens with zero attached hydrogens (tertiary/aromatic N) is 2. The van der Waals surface area contributed by atoms with Gasteiger partial charge in [-0.3, -0.25) is 0 Å². The first-order valence-electron chi connectivity index (χ1n) is 19.7. The SMILES string of the molecule is c1ccc(-c2cccc3c2oc2c(N(c4cccc(-n5c6ccccc6c6ccccc65)c4)c4ccc(-c5ccccc5)c5oc6ccccc6c45)cccc23)cc1. The van der Waals surface area contributed by atoms with Gasteiger partial charge < -0.3 is 18.3 Å². The molecule has 0 atom stereocenters. The third-order valence-corrected chi connectivity index (χ3v) is 11.6. The molecule has 0 amide bonds. The van der Waals surface area contributed by atoms with Gasteiger partial charge in [0.1, 0.15) is 16.7 Å². The van der Waals surface area contributed by atoms with Gasteiger partial charge in [0, 0.05) is 49.4 Å². The molecule has 0 unspecified atom stereocenters. The van der Waals surface area contributed by atoms with E-state index in [0.717, 1.165) is 99.9 Å². The highest BCUT2D eigenvalue weighted by Crippen LogP contribution is 2.49. The van der Waals surface area contributed by atoms with Crippen LogP contribution in [0.2, 0.25) is 0 Å². The lowest BCUT2D eigenvalue weighted by Crippen LogP contribution is -2.11. The predicted molar refractivity (Wildman–Crippen MR) is 241 cm³/mol. The van der Waals surface area contributed by atoms with E-state index < -0.39 is 0 Å². The zero-order valence-electron chi connectivity index (χ0n) is 31.3. The lowest BCUT2D eigenvalue weighted by atomic mass is 9.99. The van der Waals surface area contributed by atoms with Gasteiger partial charge >= 0.3 is 0 Å². The Morgan fingerprint density at radius 2 is 0.931 bits per heavy atom. The predicted octanol–water partition coefficient (Wildman–Crippen LogP) is 15.4. The van der Waals surface area contributed by atoms with Crippen molar-refractivity contribution in [1.82, 2.24) is 4.57 Å². The van der Waals surface area contributed by atoms with Crippen molar-refractivity contribution in [2.24, 2.45) is 0 Å². The van der Waals surface area contributed by atoms with Gasteiger partial charge in [-0.2, -0.15) is 0 Å². The normalized spacial score (nSPS) is 11.8. The summed E-state index contributed by atoms with van der Waals surface area (Å²) in [4.78, 5) is 2.36. The largest absolute Gasteiger partial charge is 0.455 e. The fraction of sp³-hybridized carbons (Fsp3) is 0. The number of hydrogen-bond donors (Lipinski definition) is 0. The molecule has 0 aliphatic heterocycles. The molecule has 0 aliphatic carbocycles. The van der Waals surface area contributed by atoms with Gasteiger partial charge in [-0.25, -0.2) is 0 Å². The summed E-state index contributed by atoms with van der Waals surface area (Å²) < 4.78 is 16.3. The van der Waals surface area contributed by atoms with E-state index in [-0.39, 0.29) is 0 Å². The molecule has 0 saturated heterocycles. The summed E-state index contributed by atoms with van der Waals surface area (Å²) in [5, 5.41) is 6.68. The van der Waals surface area contributed by atoms with Crippen LogP contribution in [-0.2, 0) is 0 Å². The molecule has 272 valence electrons. The van der Waals surface area contributed by atoms with Gasteiger partial charge in [-0.05, 0) is 65.7 Å². The summed E-state index contributed by atoms with van der Waals surface area (Å²) in [7, 11) is 0. The van der Waals surface area contributed by atoms with Crippen LogP contribution in [0, 0.1) is 0 Å². The van der Waals surface area contributed by atoms with E-state index >= 15 is 0 Å². The lowest BCUT2D eigenvalue weighted by Gasteiger charge is -2.27. The van der Waals surface area contributed by atoms with E-state index in [9.17, 15) is 0 Å². The standard InChI is InChI=1S/C54H34N2O2/c1-3-16-35(17-4-1)39-25-14-26-43-44-27-15-30-49(53(44)58-52(39)43)56(38-21-13-20-37(34-38)55-46-28-10-7-22-41(46)42-23-8-11-29-47(42)55)48-33-32-40(36-18-5-2-6-19-36)54-51(48)45-24-9-12-31-50(45)57-54/h1-34H. The molecule has 9 aromatic carbocycles. The van der Waals surface area contributed by atoms with E-state index in [1.165, 1.54) is 10.8 Å². The number of rotatable bonds is 6. The molecule has 4 heteroatoms. The van der Waals surface area contributed by atoms with Gasteiger partial charge in [-0.1, -0.05) is 152 Å². The average molecular weight is 743 g/mol. The third-order valence-electron chi connectivity index (χ3n) is 11.6. The minimum absolute atomic E-state index is 0.816. The topological polar surface area (TPSA) is 34.5 Å². The van der Waals surface area contributed by atoms with Crippen LogP contribution >= 0.6 is 0 Å². The first-order valence-corrected chi connectivity index (χ1v) is 19.7. The average Bonchev–Trinajstić information content (AvgIpc) is 3.98. The fourth-order valence-corrected chi connectivity index (χ4v) is 9.05. The first kappa shape index (κ1) is 32.4. The molecule has 0 saturated carbocycles. The molecule has 0 bridgehead atoms. The number of anilines is 3. The Balaban J connectivity index is 1.17. The Hall–Kier alpha value is -7.82. The quantitative estimate of drug-likeness (QED) is 0.170. The van der Waals surface area contributed by atoms with Gasteiger partial charge in [-0.15, -0.1) is 0 Å². The van der Waals surface area contributed by atoms with Crippen LogP contribution in [0.15, 0.2) is 215 Å². The van der Waals surface area contributed by atoms with E-state index in [1.54, 1.807) is 0 Å². The van der Waals surface area contributed by atoms with Gasteiger partial charge in [0.25, 0.3) is 0 Å². The number of furan rings is 2. The second kappa shape index (κ2) is 12.9. The van der Waals surface area contributed by atoms with Crippen LogP contribution < -0.4 is 4.90 Å². The molecule has 0 radical (unpaired) electrons. The molecule has 0 fully saturated rings. The van der Waals surface area contributed by atoms with Crippen molar-refractivity contribution >= 4 is 82.7 Å². The van der Waals surface area contributed by atoms with Crippen molar-refractivity contribution < 1.29 is 8.83 Å². The van der Waals surface area contributed by atoms with Crippen molar-refractivity contribution in [3.8, 4) is 27.9 Å². The molecule has 12 rings (SSSR count). The van der Waals surface area contributed by atoms with Crippen LogP contribution in [0.3, 0.4) is 0 Å². The van der Waals surface area contributed by atoms with Crippen LogP contribution in [0.5, 0.6) is 0 Å². The van der Waals surface area contributed by atoms with Crippen molar-refractivity contribution in [3.63, 3.8) is 0 Å². The van der Waals surface area contributed by atoms with Crippen molar-refractivity contribution in [2.45, 2.75) is 0 Å². The number of fused-ring (bicyclic) bond motifs is 9. The Morgan fingerprint density at radius 3 is 1.66 bits per heavy atom. The number of para-hydroxylation sites is 5. The van der Waals surface area contributed by atoms with E-state index in [2.05, 4.69) is 210 Å². The molecule has 0 aliphatic rings. The highest BCUT2D eigenvalue weighted by atomic mass is 16.3. The third kappa shape index (κ3) is 4.88. The minimum Gasteiger partial charge on any atom is -0.455 e. The van der Waals surface area contributed by atoms with E-state index in [4.69, 9.17) is 8.83 Å². The molecule has 4 nitrogen and oxygen atoms in total. The molecule has 3 heterocycles. The lowest BCUT2D eigenvalue weighted by molar-refractivity contribution is 0.669. The molecule has 3 aromatic heterocycles. The monoisotopic (exact) mass is 742 g/mol. The second-order valence-electron chi connectivity index (χ2n) is 14.8. The van der Waals surface area contributed by atoms with Crippen molar-refractivity contribution in [2.75, 3.05) is 4.90 Å². The second-order valence-corrected chi connectivity index (χ2v) is 14.8. The molecule has 0 N–H and O–H groups in total. The Morgan fingerprint density at radius 1 is 0.362 bits per heavy atom. The van der Waals surface area contributed by atoms with E-state index in [1.807, 2.05) is 6.07 Å². The maximum Gasteiger partial charge on any atom is 0.159 e. The van der Waals surface area contributed by atoms with Crippen LogP contribution in [0.25, 0.3) is 93.6 Å². The first-order chi connectivity index (χ1) is 28.8. The van der Waals surface area contributed by atoms with Gasteiger partial charge in [0.15, 0.2) is 5.58 Å². The Kier molecular flexibility index (Phi) is 7.20. The number of benzene rings is 9. The number of aromatic nitrogens is 1. The van der Waals surface area contributed by atoms with Gasteiger partial charge in [0.05, 0.1) is 27.8 Å².